The molecule has 3 aromatic rings. The highest BCUT2D eigenvalue weighted by Crippen LogP contribution is 2.33. The summed E-state index contributed by atoms with van der Waals surface area (Å²) in [7, 11) is 0. The second-order valence-corrected chi connectivity index (χ2v) is 5.97. The fourth-order valence-corrected chi connectivity index (χ4v) is 2.83. The van der Waals surface area contributed by atoms with E-state index in [0.717, 1.165) is 32.4 Å². The summed E-state index contributed by atoms with van der Waals surface area (Å²) >= 11 is 3.51. The van der Waals surface area contributed by atoms with Gasteiger partial charge in [-0.1, -0.05) is 40.2 Å². The molecule has 0 aliphatic rings. The van der Waals surface area contributed by atoms with Crippen molar-refractivity contribution in [3.8, 4) is 22.3 Å². The van der Waals surface area contributed by atoms with Crippen molar-refractivity contribution in [3.63, 3.8) is 0 Å². The molecule has 0 bridgehead atoms. The van der Waals surface area contributed by atoms with Crippen LogP contribution in [-0.4, -0.2) is 10.9 Å². The molecule has 3 rings (SSSR count). The maximum Gasteiger partial charge on any atom is 0.221 e. The van der Waals surface area contributed by atoms with E-state index in [1.165, 1.54) is 6.92 Å². The van der Waals surface area contributed by atoms with Crippen molar-refractivity contribution < 1.29 is 4.79 Å². The normalized spacial score (nSPS) is 10.5. The Labute approximate surface area is 137 Å². The first kappa shape index (κ1) is 14.6. The largest absolute Gasteiger partial charge is 0.366 e. The minimum absolute atomic E-state index is 0.0655. The van der Waals surface area contributed by atoms with Gasteiger partial charge >= 0.3 is 0 Å². The van der Waals surface area contributed by atoms with Gasteiger partial charge in [0.25, 0.3) is 0 Å². The van der Waals surface area contributed by atoms with Crippen LogP contribution < -0.4 is 5.32 Å². The fraction of sp³-hybridized carbons (Fsp3) is 0.0556. The van der Waals surface area contributed by atoms with Gasteiger partial charge < -0.3 is 10.3 Å². The van der Waals surface area contributed by atoms with Crippen molar-refractivity contribution in [3.05, 3.63) is 65.4 Å². The number of anilines is 1. The van der Waals surface area contributed by atoms with Crippen molar-refractivity contribution in [1.29, 1.82) is 0 Å². The number of H-pyrrole nitrogens is 1. The third-order valence-electron chi connectivity index (χ3n) is 3.40. The van der Waals surface area contributed by atoms with Crippen LogP contribution in [0.25, 0.3) is 22.3 Å². The molecule has 0 unspecified atom stereocenters. The van der Waals surface area contributed by atoms with E-state index in [4.69, 9.17) is 0 Å². The molecule has 3 nitrogen and oxygen atoms in total. The van der Waals surface area contributed by atoms with Crippen LogP contribution in [0.15, 0.2) is 65.4 Å². The molecule has 0 fully saturated rings. The molecule has 1 amide bonds. The van der Waals surface area contributed by atoms with Crippen LogP contribution in [0.4, 0.5) is 5.69 Å². The van der Waals surface area contributed by atoms with Crippen molar-refractivity contribution in [2.75, 3.05) is 5.32 Å². The highest BCUT2D eigenvalue weighted by molar-refractivity contribution is 9.10. The number of benzene rings is 2. The van der Waals surface area contributed by atoms with E-state index in [1.807, 2.05) is 48.8 Å². The molecule has 4 heteroatoms. The first-order valence-corrected chi connectivity index (χ1v) is 7.73. The van der Waals surface area contributed by atoms with Crippen LogP contribution in [0.1, 0.15) is 6.92 Å². The van der Waals surface area contributed by atoms with E-state index in [-0.39, 0.29) is 5.91 Å². The standard InChI is InChI=1S/C18H15BrN2O/c1-12(22)21-16-7-5-13(6-8-16)17-10-20-11-18(17)14-3-2-4-15(19)9-14/h2-11,20H,1H3,(H,21,22). The van der Waals surface area contributed by atoms with Crippen molar-refractivity contribution in [2.24, 2.45) is 0 Å². The molecule has 22 heavy (non-hydrogen) atoms. The molecule has 2 N–H and O–H groups in total. The Balaban J connectivity index is 1.96. The van der Waals surface area contributed by atoms with Crippen LogP contribution in [0.3, 0.4) is 0 Å². The Morgan fingerprint density at radius 2 is 1.68 bits per heavy atom. The number of amides is 1. The van der Waals surface area contributed by atoms with Gasteiger partial charge in [-0.15, -0.1) is 0 Å². The lowest BCUT2D eigenvalue weighted by Gasteiger charge is -2.07. The average Bonchev–Trinajstić information content (AvgIpc) is 2.97. The lowest BCUT2D eigenvalue weighted by Crippen LogP contribution is -2.05. The molecule has 0 atom stereocenters. The third-order valence-corrected chi connectivity index (χ3v) is 3.89. The molecule has 0 aliphatic heterocycles. The number of halogens is 1. The van der Waals surface area contributed by atoms with E-state index < -0.39 is 0 Å². The van der Waals surface area contributed by atoms with Gasteiger partial charge in [-0.3, -0.25) is 4.79 Å². The average molecular weight is 355 g/mol. The van der Waals surface area contributed by atoms with E-state index in [0.29, 0.717) is 0 Å². The summed E-state index contributed by atoms with van der Waals surface area (Å²) in [6, 6.07) is 16.1. The monoisotopic (exact) mass is 354 g/mol. The zero-order chi connectivity index (χ0) is 15.5. The summed E-state index contributed by atoms with van der Waals surface area (Å²) in [6.45, 7) is 1.51. The third kappa shape index (κ3) is 3.12. The predicted octanol–water partition coefficient (Wildman–Crippen LogP) is 5.07. The summed E-state index contributed by atoms with van der Waals surface area (Å²) in [6.07, 6.45) is 3.99. The first-order chi connectivity index (χ1) is 10.6. The van der Waals surface area contributed by atoms with Gasteiger partial charge in [-0.05, 0) is 35.4 Å². The van der Waals surface area contributed by atoms with Crippen molar-refractivity contribution in [2.45, 2.75) is 6.92 Å². The lowest BCUT2D eigenvalue weighted by atomic mass is 9.99. The zero-order valence-electron chi connectivity index (χ0n) is 12.1. The fourth-order valence-electron chi connectivity index (χ4n) is 2.43. The minimum atomic E-state index is -0.0655. The van der Waals surface area contributed by atoms with E-state index in [9.17, 15) is 4.79 Å². The molecule has 1 heterocycles. The Morgan fingerprint density at radius 3 is 2.32 bits per heavy atom. The van der Waals surface area contributed by atoms with E-state index >= 15 is 0 Å². The van der Waals surface area contributed by atoms with Gasteiger partial charge in [0.1, 0.15) is 0 Å². The number of aromatic nitrogens is 1. The minimum Gasteiger partial charge on any atom is -0.366 e. The van der Waals surface area contributed by atoms with Gasteiger partial charge in [0.05, 0.1) is 0 Å². The van der Waals surface area contributed by atoms with Crippen LogP contribution >= 0.6 is 15.9 Å². The molecule has 0 saturated carbocycles. The number of nitrogens with one attached hydrogen (secondary N) is 2. The quantitative estimate of drug-likeness (QED) is 0.677. The summed E-state index contributed by atoms with van der Waals surface area (Å²) in [5.41, 5.74) is 5.33. The second-order valence-electron chi connectivity index (χ2n) is 5.05. The first-order valence-electron chi connectivity index (χ1n) is 6.94. The number of aromatic amines is 1. The molecule has 110 valence electrons. The van der Waals surface area contributed by atoms with Gasteiger partial charge in [0, 0.05) is 40.6 Å². The van der Waals surface area contributed by atoms with Gasteiger partial charge in [0.2, 0.25) is 5.91 Å². The van der Waals surface area contributed by atoms with Crippen LogP contribution in [0.2, 0.25) is 0 Å². The van der Waals surface area contributed by atoms with Crippen LogP contribution in [0.5, 0.6) is 0 Å². The Hall–Kier alpha value is -2.33. The SMILES string of the molecule is CC(=O)Nc1ccc(-c2c[nH]cc2-c2cccc(Br)c2)cc1. The lowest BCUT2D eigenvalue weighted by molar-refractivity contribution is -0.114. The second kappa shape index (κ2) is 6.20. The number of carbonyl (C=O) groups is 1. The Kier molecular flexibility index (Phi) is 4.11. The number of hydrogen-bond donors (Lipinski definition) is 2. The topological polar surface area (TPSA) is 44.9 Å². The summed E-state index contributed by atoms with van der Waals surface area (Å²) in [4.78, 5) is 14.3. The Morgan fingerprint density at radius 1 is 1.00 bits per heavy atom. The number of hydrogen-bond acceptors (Lipinski definition) is 1. The van der Waals surface area contributed by atoms with Crippen molar-refractivity contribution in [1.82, 2.24) is 4.98 Å². The summed E-state index contributed by atoms with van der Waals surface area (Å²) in [5, 5.41) is 2.78. The van der Waals surface area contributed by atoms with Gasteiger partial charge in [-0.25, -0.2) is 0 Å². The van der Waals surface area contributed by atoms with Crippen LogP contribution in [0, 0.1) is 0 Å². The van der Waals surface area contributed by atoms with E-state index in [2.05, 4.69) is 38.4 Å². The molecule has 0 aliphatic carbocycles. The number of rotatable bonds is 3. The highest BCUT2D eigenvalue weighted by Gasteiger charge is 2.09. The van der Waals surface area contributed by atoms with Crippen LogP contribution in [-0.2, 0) is 4.79 Å². The van der Waals surface area contributed by atoms with Gasteiger partial charge in [0.15, 0.2) is 0 Å². The summed E-state index contributed by atoms with van der Waals surface area (Å²) in [5.74, 6) is -0.0655. The molecule has 1 aromatic heterocycles. The molecule has 0 saturated heterocycles. The van der Waals surface area contributed by atoms with Gasteiger partial charge in [-0.2, -0.15) is 0 Å². The molecule has 2 aromatic carbocycles. The molecule has 0 spiro atoms. The number of carbonyl (C=O) groups excluding carboxylic acids is 1. The van der Waals surface area contributed by atoms with E-state index in [1.54, 1.807) is 0 Å². The molecular weight excluding hydrogens is 340 g/mol. The van der Waals surface area contributed by atoms with Crippen molar-refractivity contribution >= 4 is 27.5 Å². The highest BCUT2D eigenvalue weighted by atomic mass is 79.9. The molecule has 0 radical (unpaired) electrons. The zero-order valence-corrected chi connectivity index (χ0v) is 13.6. The predicted molar refractivity (Wildman–Crippen MR) is 93.7 cm³/mol. The Bertz CT molecular complexity index is 806. The maximum atomic E-state index is 11.1. The summed E-state index contributed by atoms with van der Waals surface area (Å²) < 4.78 is 1.05. The smallest absolute Gasteiger partial charge is 0.221 e. The maximum absolute atomic E-state index is 11.1. The molecular formula is C18H15BrN2O.